The second-order valence-corrected chi connectivity index (χ2v) is 6.50. The summed E-state index contributed by atoms with van der Waals surface area (Å²) < 4.78 is 26.3. The topological polar surface area (TPSA) is 121 Å². The van der Waals surface area contributed by atoms with Crippen LogP contribution in [0.5, 0.6) is 0 Å². The third kappa shape index (κ3) is 4.83. The monoisotopic (exact) mass is 315 g/mol. The number of carboxylic acids is 2. The van der Waals surface area contributed by atoms with Gasteiger partial charge in [-0.25, -0.2) is 13.1 Å². The Morgan fingerprint density at radius 2 is 1.81 bits per heavy atom. The molecule has 1 unspecified atom stereocenters. The van der Waals surface area contributed by atoms with Crippen LogP contribution in [-0.2, 0) is 19.6 Å². The van der Waals surface area contributed by atoms with E-state index in [-0.39, 0.29) is 4.90 Å². The highest BCUT2D eigenvalue weighted by atomic mass is 32.2. The maximum Gasteiger partial charge on any atom is 0.308 e. The second kappa shape index (κ2) is 6.68. The van der Waals surface area contributed by atoms with Gasteiger partial charge in [-0.3, -0.25) is 9.59 Å². The quantitative estimate of drug-likeness (QED) is 0.683. The third-order valence-corrected chi connectivity index (χ3v) is 4.50. The lowest BCUT2D eigenvalue weighted by atomic mass is 10.1. The van der Waals surface area contributed by atoms with Crippen LogP contribution < -0.4 is 4.72 Å². The maximum absolute atomic E-state index is 12.1. The van der Waals surface area contributed by atoms with E-state index in [9.17, 15) is 18.0 Å². The van der Waals surface area contributed by atoms with Gasteiger partial charge in [0.25, 0.3) is 0 Å². The molecule has 0 fully saturated rings. The van der Waals surface area contributed by atoms with Crippen LogP contribution in [-0.4, -0.2) is 37.1 Å². The lowest BCUT2D eigenvalue weighted by Crippen LogP contribution is -2.34. The van der Waals surface area contributed by atoms with Gasteiger partial charge in [-0.15, -0.1) is 0 Å². The van der Waals surface area contributed by atoms with Crippen molar-refractivity contribution in [1.29, 1.82) is 0 Å². The molecule has 116 valence electrons. The Balaban J connectivity index is 2.86. The Morgan fingerprint density at radius 3 is 2.29 bits per heavy atom. The molecule has 1 aromatic carbocycles. The molecule has 1 aromatic rings. The zero-order valence-corrected chi connectivity index (χ0v) is 12.5. The van der Waals surface area contributed by atoms with Crippen molar-refractivity contribution < 1.29 is 28.2 Å². The van der Waals surface area contributed by atoms with Crippen molar-refractivity contribution in [3.8, 4) is 0 Å². The Kier molecular flexibility index (Phi) is 5.45. The highest BCUT2D eigenvalue weighted by Gasteiger charge is 2.24. The molecule has 0 spiro atoms. The van der Waals surface area contributed by atoms with Crippen molar-refractivity contribution in [2.75, 3.05) is 6.54 Å². The number of benzene rings is 1. The van der Waals surface area contributed by atoms with Gasteiger partial charge in [0.15, 0.2) is 0 Å². The predicted molar refractivity (Wildman–Crippen MR) is 74.5 cm³/mol. The van der Waals surface area contributed by atoms with E-state index in [1.807, 2.05) is 6.92 Å². The minimum absolute atomic E-state index is 0.0186. The Hall–Kier alpha value is -1.93. The number of rotatable bonds is 7. The van der Waals surface area contributed by atoms with E-state index < -0.39 is 40.8 Å². The third-order valence-electron chi connectivity index (χ3n) is 3.08. The van der Waals surface area contributed by atoms with Gasteiger partial charge in [-0.2, -0.15) is 0 Å². The SMILES string of the molecule is Cc1ccc(S(=O)(=O)NCC(CC(=O)O)C(=O)O)cc1C. The van der Waals surface area contributed by atoms with Crippen LogP contribution >= 0.6 is 0 Å². The van der Waals surface area contributed by atoms with Crippen LogP contribution in [0.25, 0.3) is 0 Å². The van der Waals surface area contributed by atoms with E-state index in [0.717, 1.165) is 11.1 Å². The predicted octanol–water partition coefficient (Wildman–Crippen LogP) is 0.757. The molecule has 0 aliphatic heterocycles. The fraction of sp³-hybridized carbons (Fsp3) is 0.385. The fourth-order valence-electron chi connectivity index (χ4n) is 1.63. The Labute approximate surface area is 122 Å². The minimum Gasteiger partial charge on any atom is -0.481 e. The lowest BCUT2D eigenvalue weighted by Gasteiger charge is -2.12. The molecule has 3 N–H and O–H groups in total. The first-order valence-electron chi connectivity index (χ1n) is 6.15. The van der Waals surface area contributed by atoms with Gasteiger partial charge < -0.3 is 10.2 Å². The van der Waals surface area contributed by atoms with Crippen LogP contribution in [0.3, 0.4) is 0 Å². The summed E-state index contributed by atoms with van der Waals surface area (Å²) in [5.74, 6) is -3.98. The van der Waals surface area contributed by atoms with Crippen molar-refractivity contribution in [3.05, 3.63) is 29.3 Å². The molecule has 1 atom stereocenters. The van der Waals surface area contributed by atoms with E-state index in [1.165, 1.54) is 12.1 Å². The Morgan fingerprint density at radius 1 is 1.19 bits per heavy atom. The van der Waals surface area contributed by atoms with Gasteiger partial charge in [0.1, 0.15) is 0 Å². The number of carboxylic acid groups (broad SMARTS) is 2. The maximum atomic E-state index is 12.1. The smallest absolute Gasteiger partial charge is 0.308 e. The lowest BCUT2D eigenvalue weighted by molar-refractivity contribution is -0.147. The summed E-state index contributed by atoms with van der Waals surface area (Å²) in [5.41, 5.74) is 1.72. The zero-order valence-electron chi connectivity index (χ0n) is 11.7. The van der Waals surface area contributed by atoms with Crippen LogP contribution in [0.15, 0.2) is 23.1 Å². The molecule has 7 nitrogen and oxygen atoms in total. The summed E-state index contributed by atoms with van der Waals surface area (Å²) >= 11 is 0. The van der Waals surface area contributed by atoms with Crippen LogP contribution in [0.1, 0.15) is 17.5 Å². The molecule has 1 rings (SSSR count). The van der Waals surface area contributed by atoms with E-state index in [2.05, 4.69) is 4.72 Å². The zero-order chi connectivity index (χ0) is 16.2. The highest BCUT2D eigenvalue weighted by Crippen LogP contribution is 2.15. The number of nitrogens with one attached hydrogen (secondary N) is 1. The minimum atomic E-state index is -3.87. The molecule has 0 aliphatic carbocycles. The summed E-state index contributed by atoms with van der Waals surface area (Å²) in [6.07, 6.45) is -0.648. The molecule has 0 amide bonds. The van der Waals surface area contributed by atoms with Crippen LogP contribution in [0.4, 0.5) is 0 Å². The van der Waals surface area contributed by atoms with Gasteiger partial charge in [0, 0.05) is 6.54 Å². The molecule has 0 saturated heterocycles. The summed E-state index contributed by atoms with van der Waals surface area (Å²) in [6, 6.07) is 4.54. The highest BCUT2D eigenvalue weighted by molar-refractivity contribution is 7.89. The molecule has 8 heteroatoms. The largest absolute Gasteiger partial charge is 0.481 e. The summed E-state index contributed by atoms with van der Waals surface area (Å²) in [5, 5.41) is 17.5. The number of hydrogen-bond donors (Lipinski definition) is 3. The van der Waals surface area contributed by atoms with E-state index in [4.69, 9.17) is 10.2 Å². The van der Waals surface area contributed by atoms with Gasteiger partial charge in [0.2, 0.25) is 10.0 Å². The molecular formula is C13H17NO6S. The van der Waals surface area contributed by atoms with Gasteiger partial charge >= 0.3 is 11.9 Å². The van der Waals surface area contributed by atoms with Gasteiger partial charge in [0.05, 0.1) is 17.2 Å². The number of sulfonamides is 1. The molecule has 0 aromatic heterocycles. The first-order valence-corrected chi connectivity index (χ1v) is 7.63. The molecule has 21 heavy (non-hydrogen) atoms. The number of aryl methyl sites for hydroxylation is 2. The molecule has 0 bridgehead atoms. The van der Waals surface area contributed by atoms with Crippen LogP contribution in [0.2, 0.25) is 0 Å². The van der Waals surface area contributed by atoms with E-state index in [0.29, 0.717) is 0 Å². The molecule has 0 radical (unpaired) electrons. The van der Waals surface area contributed by atoms with Gasteiger partial charge in [-0.05, 0) is 37.1 Å². The first kappa shape index (κ1) is 17.1. The number of hydrogen-bond acceptors (Lipinski definition) is 4. The molecular weight excluding hydrogens is 298 g/mol. The summed E-state index contributed by atoms with van der Waals surface area (Å²) in [4.78, 5) is 21.5. The summed E-state index contributed by atoms with van der Waals surface area (Å²) in [6.45, 7) is 3.13. The van der Waals surface area contributed by atoms with Crippen molar-refractivity contribution in [2.45, 2.75) is 25.2 Å². The normalized spacial score (nSPS) is 12.9. The average Bonchev–Trinajstić information content (AvgIpc) is 2.37. The molecule has 0 heterocycles. The average molecular weight is 315 g/mol. The fourth-order valence-corrected chi connectivity index (χ4v) is 2.80. The number of aliphatic carboxylic acids is 2. The first-order chi connectivity index (χ1) is 9.63. The van der Waals surface area contributed by atoms with E-state index >= 15 is 0 Å². The van der Waals surface area contributed by atoms with Crippen molar-refractivity contribution >= 4 is 22.0 Å². The second-order valence-electron chi connectivity index (χ2n) is 4.73. The van der Waals surface area contributed by atoms with Crippen LogP contribution in [0, 0.1) is 19.8 Å². The molecule has 0 aliphatic rings. The van der Waals surface area contributed by atoms with Crippen molar-refractivity contribution in [2.24, 2.45) is 5.92 Å². The summed E-state index contributed by atoms with van der Waals surface area (Å²) in [7, 11) is -3.87. The number of carbonyl (C=O) groups is 2. The van der Waals surface area contributed by atoms with Gasteiger partial charge in [-0.1, -0.05) is 6.07 Å². The van der Waals surface area contributed by atoms with Crippen molar-refractivity contribution in [3.63, 3.8) is 0 Å². The molecule has 0 saturated carbocycles. The standard InChI is InChI=1S/C13H17NO6S/c1-8-3-4-11(5-9(8)2)21(19,20)14-7-10(13(17)18)6-12(15)16/h3-5,10,14H,6-7H2,1-2H3,(H,15,16)(H,17,18). The Bertz CT molecular complexity index is 653. The van der Waals surface area contributed by atoms with E-state index in [1.54, 1.807) is 13.0 Å². The van der Waals surface area contributed by atoms with Crippen molar-refractivity contribution in [1.82, 2.24) is 4.72 Å².